The lowest BCUT2D eigenvalue weighted by atomic mass is 10.2. The number of benzene rings is 2. The van der Waals surface area contributed by atoms with E-state index in [9.17, 15) is 9.18 Å². The molecule has 0 bridgehead atoms. The molecule has 0 saturated heterocycles. The minimum absolute atomic E-state index is 0.00519. The van der Waals surface area contributed by atoms with Gasteiger partial charge in [0.25, 0.3) is 0 Å². The number of nitrogens with zero attached hydrogens (tertiary/aromatic N) is 1. The highest BCUT2D eigenvalue weighted by Gasteiger charge is 2.08. The van der Waals surface area contributed by atoms with E-state index in [2.05, 4.69) is 10.6 Å². The zero-order valence-electron chi connectivity index (χ0n) is 11.2. The molecule has 0 atom stereocenters. The van der Waals surface area contributed by atoms with E-state index in [1.54, 1.807) is 24.3 Å². The number of anilines is 2. The zero-order chi connectivity index (χ0) is 15.2. The average Bonchev–Trinajstić information content (AvgIpc) is 2.49. The fourth-order valence-electron chi connectivity index (χ4n) is 1.67. The third-order valence-corrected chi connectivity index (χ3v) is 2.67. The Labute approximate surface area is 121 Å². The summed E-state index contributed by atoms with van der Waals surface area (Å²) in [4.78, 5) is 11.8. The van der Waals surface area contributed by atoms with Gasteiger partial charge in [-0.3, -0.25) is 0 Å². The van der Waals surface area contributed by atoms with Crippen LogP contribution in [0.25, 0.3) is 0 Å². The Morgan fingerprint density at radius 1 is 1.24 bits per heavy atom. The fourth-order valence-corrected chi connectivity index (χ4v) is 1.67. The minimum Gasteiger partial charge on any atom is -0.497 e. The molecule has 0 aromatic heterocycles. The van der Waals surface area contributed by atoms with Crippen LogP contribution in [0.5, 0.6) is 5.75 Å². The molecule has 0 aliphatic heterocycles. The molecule has 2 aromatic rings. The third-order valence-electron chi connectivity index (χ3n) is 2.67. The normalized spacial score (nSPS) is 9.57. The number of ether oxygens (including phenoxy) is 1. The molecule has 2 rings (SSSR count). The third kappa shape index (κ3) is 3.70. The van der Waals surface area contributed by atoms with Crippen molar-refractivity contribution in [2.75, 3.05) is 17.7 Å². The Bertz CT molecular complexity index is 710. The Morgan fingerprint density at radius 3 is 2.71 bits per heavy atom. The minimum atomic E-state index is -0.671. The van der Waals surface area contributed by atoms with Gasteiger partial charge in [-0.05, 0) is 30.3 Å². The number of hydrogen-bond donors (Lipinski definition) is 2. The highest BCUT2D eigenvalue weighted by atomic mass is 19.1. The summed E-state index contributed by atoms with van der Waals surface area (Å²) >= 11 is 0. The van der Waals surface area contributed by atoms with Crippen molar-refractivity contribution in [2.45, 2.75) is 0 Å². The Balaban J connectivity index is 2.06. The first-order valence-corrected chi connectivity index (χ1v) is 6.04. The molecule has 0 aliphatic rings. The van der Waals surface area contributed by atoms with Gasteiger partial charge in [0, 0.05) is 11.8 Å². The quantitative estimate of drug-likeness (QED) is 0.908. The lowest BCUT2D eigenvalue weighted by molar-refractivity contribution is 0.262. The summed E-state index contributed by atoms with van der Waals surface area (Å²) < 4.78 is 18.7. The topological polar surface area (TPSA) is 74.2 Å². The van der Waals surface area contributed by atoms with Crippen LogP contribution in [-0.2, 0) is 0 Å². The Kier molecular flexibility index (Phi) is 4.36. The van der Waals surface area contributed by atoms with Crippen LogP contribution in [0.15, 0.2) is 42.5 Å². The molecule has 2 amide bonds. The second kappa shape index (κ2) is 6.39. The number of urea groups is 1. The SMILES string of the molecule is COc1cccc(NC(=O)Nc2ccc(C#N)cc2F)c1. The number of amides is 2. The predicted octanol–water partition coefficient (Wildman–Crippen LogP) is 3.35. The van der Waals surface area contributed by atoms with Gasteiger partial charge in [-0.1, -0.05) is 6.07 Å². The molecule has 106 valence electrons. The maximum atomic E-state index is 13.6. The second-order valence-electron chi connectivity index (χ2n) is 4.12. The highest BCUT2D eigenvalue weighted by Crippen LogP contribution is 2.18. The van der Waals surface area contributed by atoms with Crippen LogP contribution in [0.3, 0.4) is 0 Å². The number of rotatable bonds is 3. The number of carbonyl (C=O) groups excluding carboxylic acids is 1. The molecular weight excluding hydrogens is 273 g/mol. The number of carbonyl (C=O) groups is 1. The molecule has 0 fully saturated rings. The maximum absolute atomic E-state index is 13.6. The molecule has 0 aliphatic carbocycles. The molecule has 21 heavy (non-hydrogen) atoms. The molecule has 0 radical (unpaired) electrons. The van der Waals surface area contributed by atoms with E-state index in [-0.39, 0.29) is 11.3 Å². The van der Waals surface area contributed by atoms with Gasteiger partial charge in [0.05, 0.1) is 24.4 Å². The lowest BCUT2D eigenvalue weighted by Gasteiger charge is -2.09. The van der Waals surface area contributed by atoms with Gasteiger partial charge in [0.15, 0.2) is 0 Å². The maximum Gasteiger partial charge on any atom is 0.323 e. The molecule has 6 heteroatoms. The van der Waals surface area contributed by atoms with Crippen LogP contribution >= 0.6 is 0 Å². The standard InChI is InChI=1S/C15H12FN3O2/c1-21-12-4-2-3-11(8-12)18-15(20)19-14-6-5-10(9-17)7-13(14)16/h2-8H,1H3,(H2,18,19,20). The van der Waals surface area contributed by atoms with Gasteiger partial charge < -0.3 is 15.4 Å². The van der Waals surface area contributed by atoms with E-state index in [0.717, 1.165) is 6.07 Å². The monoisotopic (exact) mass is 285 g/mol. The molecule has 2 aromatic carbocycles. The van der Waals surface area contributed by atoms with Crippen LogP contribution in [0.1, 0.15) is 5.56 Å². The van der Waals surface area contributed by atoms with E-state index in [4.69, 9.17) is 10.00 Å². The van der Waals surface area contributed by atoms with Crippen LogP contribution in [0.4, 0.5) is 20.6 Å². The first kappa shape index (κ1) is 14.3. The van der Waals surface area contributed by atoms with Crippen LogP contribution in [0.2, 0.25) is 0 Å². The van der Waals surface area contributed by atoms with Crippen molar-refractivity contribution >= 4 is 17.4 Å². The largest absolute Gasteiger partial charge is 0.497 e. The number of hydrogen-bond acceptors (Lipinski definition) is 3. The number of halogens is 1. The summed E-state index contributed by atoms with van der Waals surface area (Å²) in [5.41, 5.74) is 0.696. The summed E-state index contributed by atoms with van der Waals surface area (Å²) in [6.07, 6.45) is 0. The summed E-state index contributed by atoms with van der Waals surface area (Å²) in [6, 6.07) is 11.8. The zero-order valence-corrected chi connectivity index (χ0v) is 11.2. The Morgan fingerprint density at radius 2 is 2.05 bits per heavy atom. The van der Waals surface area contributed by atoms with Crippen molar-refractivity contribution in [2.24, 2.45) is 0 Å². The number of nitrogens with one attached hydrogen (secondary N) is 2. The number of nitriles is 1. The van der Waals surface area contributed by atoms with Gasteiger partial charge in [-0.15, -0.1) is 0 Å². The van der Waals surface area contributed by atoms with Gasteiger partial charge in [0.2, 0.25) is 0 Å². The van der Waals surface area contributed by atoms with E-state index < -0.39 is 11.8 Å². The predicted molar refractivity (Wildman–Crippen MR) is 76.8 cm³/mol. The van der Waals surface area contributed by atoms with Gasteiger partial charge >= 0.3 is 6.03 Å². The smallest absolute Gasteiger partial charge is 0.323 e. The van der Waals surface area contributed by atoms with Gasteiger partial charge in [-0.2, -0.15) is 5.26 Å². The molecule has 2 N–H and O–H groups in total. The van der Waals surface area contributed by atoms with Gasteiger partial charge in [0.1, 0.15) is 11.6 Å². The molecule has 0 unspecified atom stereocenters. The van der Waals surface area contributed by atoms with E-state index in [0.29, 0.717) is 11.4 Å². The first-order chi connectivity index (χ1) is 10.1. The first-order valence-electron chi connectivity index (χ1n) is 6.04. The molecular formula is C15H12FN3O2. The van der Waals surface area contributed by atoms with Crippen molar-refractivity contribution in [3.8, 4) is 11.8 Å². The molecule has 5 nitrogen and oxygen atoms in total. The van der Waals surface area contributed by atoms with Crippen molar-refractivity contribution in [3.63, 3.8) is 0 Å². The molecule has 0 spiro atoms. The van der Waals surface area contributed by atoms with Crippen molar-refractivity contribution < 1.29 is 13.9 Å². The lowest BCUT2D eigenvalue weighted by Crippen LogP contribution is -2.20. The van der Waals surface area contributed by atoms with Crippen LogP contribution in [0, 0.1) is 17.1 Å². The van der Waals surface area contributed by atoms with Crippen molar-refractivity contribution in [1.29, 1.82) is 5.26 Å². The summed E-state index contributed by atoms with van der Waals surface area (Å²) in [7, 11) is 1.52. The molecule has 0 saturated carbocycles. The van der Waals surface area contributed by atoms with E-state index in [1.807, 2.05) is 6.07 Å². The fraction of sp³-hybridized carbons (Fsp3) is 0.0667. The van der Waals surface area contributed by atoms with Crippen LogP contribution in [-0.4, -0.2) is 13.1 Å². The summed E-state index contributed by atoms with van der Waals surface area (Å²) in [5, 5.41) is 13.6. The van der Waals surface area contributed by atoms with E-state index in [1.165, 1.54) is 19.2 Å². The van der Waals surface area contributed by atoms with Crippen molar-refractivity contribution in [1.82, 2.24) is 0 Å². The summed E-state index contributed by atoms with van der Waals surface area (Å²) in [5.74, 6) is -0.0767. The number of methoxy groups -OCH3 is 1. The Hall–Kier alpha value is -3.07. The van der Waals surface area contributed by atoms with Crippen molar-refractivity contribution in [3.05, 3.63) is 53.8 Å². The highest BCUT2D eigenvalue weighted by molar-refractivity contribution is 5.99. The van der Waals surface area contributed by atoms with Crippen LogP contribution < -0.4 is 15.4 Å². The molecule has 0 heterocycles. The average molecular weight is 285 g/mol. The summed E-state index contributed by atoms with van der Waals surface area (Å²) in [6.45, 7) is 0. The van der Waals surface area contributed by atoms with Gasteiger partial charge in [-0.25, -0.2) is 9.18 Å². The van der Waals surface area contributed by atoms with E-state index >= 15 is 0 Å². The second-order valence-corrected chi connectivity index (χ2v) is 4.12.